The molecule has 1 unspecified atom stereocenters. The Hall–Kier alpha value is -2.99. The zero-order valence-corrected chi connectivity index (χ0v) is 14.6. The highest BCUT2D eigenvalue weighted by molar-refractivity contribution is 5.98. The Bertz CT molecular complexity index is 993. The molecule has 0 spiro atoms. The summed E-state index contributed by atoms with van der Waals surface area (Å²) in [4.78, 5) is 14.9. The van der Waals surface area contributed by atoms with Crippen molar-refractivity contribution in [3.8, 4) is 11.5 Å². The molecule has 0 radical (unpaired) electrons. The van der Waals surface area contributed by atoms with Gasteiger partial charge in [0.15, 0.2) is 11.5 Å². The molecule has 0 amide bonds. The molecule has 3 aromatic rings. The summed E-state index contributed by atoms with van der Waals surface area (Å²) in [6.07, 6.45) is 0.844. The maximum atomic E-state index is 11.9. The van der Waals surface area contributed by atoms with Gasteiger partial charge in [0.05, 0.1) is 20.3 Å². The van der Waals surface area contributed by atoms with Gasteiger partial charge in [0.2, 0.25) is 0 Å². The van der Waals surface area contributed by atoms with Crippen molar-refractivity contribution < 1.29 is 19.4 Å². The fourth-order valence-electron chi connectivity index (χ4n) is 3.77. The summed E-state index contributed by atoms with van der Waals surface area (Å²) in [6, 6.07) is 11.3. The van der Waals surface area contributed by atoms with Crippen molar-refractivity contribution in [2.45, 2.75) is 12.5 Å². The summed E-state index contributed by atoms with van der Waals surface area (Å²) in [5.74, 6) is 0.353. The third-order valence-corrected chi connectivity index (χ3v) is 4.95. The number of fused-ring (bicyclic) bond motifs is 2. The van der Waals surface area contributed by atoms with Gasteiger partial charge < -0.3 is 24.9 Å². The summed E-state index contributed by atoms with van der Waals surface area (Å²) < 4.78 is 10.9. The summed E-state index contributed by atoms with van der Waals surface area (Å²) in [5, 5.41) is 14.1. The lowest BCUT2D eigenvalue weighted by Gasteiger charge is -2.28. The molecule has 1 aromatic heterocycles. The van der Waals surface area contributed by atoms with E-state index in [-0.39, 0.29) is 11.7 Å². The molecule has 0 saturated carbocycles. The minimum atomic E-state index is -0.967. The molecule has 2 aromatic carbocycles. The van der Waals surface area contributed by atoms with E-state index in [1.54, 1.807) is 14.2 Å². The van der Waals surface area contributed by atoms with Crippen molar-refractivity contribution in [2.24, 2.45) is 0 Å². The topological polar surface area (TPSA) is 83.6 Å². The largest absolute Gasteiger partial charge is 0.493 e. The van der Waals surface area contributed by atoms with Crippen LogP contribution in [-0.4, -0.2) is 36.8 Å². The molecule has 0 aliphatic carbocycles. The first-order valence-corrected chi connectivity index (χ1v) is 8.46. The number of para-hydroxylation sites is 1. The molecule has 0 saturated heterocycles. The zero-order chi connectivity index (χ0) is 18.3. The van der Waals surface area contributed by atoms with E-state index < -0.39 is 5.97 Å². The van der Waals surface area contributed by atoms with E-state index in [0.29, 0.717) is 11.5 Å². The lowest BCUT2D eigenvalue weighted by atomic mass is 9.88. The number of rotatable bonds is 4. The number of H-pyrrole nitrogens is 1. The molecule has 6 nitrogen and oxygen atoms in total. The van der Waals surface area contributed by atoms with Crippen molar-refractivity contribution >= 4 is 16.9 Å². The van der Waals surface area contributed by atoms with E-state index in [1.165, 1.54) is 0 Å². The summed E-state index contributed by atoms with van der Waals surface area (Å²) in [7, 11) is 3.22. The van der Waals surface area contributed by atoms with Crippen LogP contribution in [0.4, 0.5) is 0 Å². The van der Waals surface area contributed by atoms with Crippen LogP contribution < -0.4 is 14.8 Å². The van der Waals surface area contributed by atoms with Crippen molar-refractivity contribution in [3.63, 3.8) is 0 Å². The number of aromatic carboxylic acids is 1. The average Bonchev–Trinajstić information content (AvgIpc) is 3.06. The number of carboxylic acid groups (broad SMARTS) is 1. The Labute approximate surface area is 150 Å². The molecule has 0 bridgehead atoms. The van der Waals surface area contributed by atoms with E-state index in [0.717, 1.165) is 40.6 Å². The van der Waals surface area contributed by atoms with Gasteiger partial charge in [-0.05, 0) is 35.7 Å². The summed E-state index contributed by atoms with van der Waals surface area (Å²) in [6.45, 7) is 0.756. The van der Waals surface area contributed by atoms with Crippen LogP contribution >= 0.6 is 0 Å². The summed E-state index contributed by atoms with van der Waals surface area (Å²) >= 11 is 0. The summed E-state index contributed by atoms with van der Waals surface area (Å²) in [5.41, 5.74) is 3.93. The smallest absolute Gasteiger partial charge is 0.352 e. The first-order chi connectivity index (χ1) is 12.6. The van der Waals surface area contributed by atoms with Gasteiger partial charge in [0, 0.05) is 23.0 Å². The Morgan fingerprint density at radius 2 is 1.88 bits per heavy atom. The van der Waals surface area contributed by atoms with Gasteiger partial charge in [-0.1, -0.05) is 18.2 Å². The number of aromatic nitrogens is 1. The van der Waals surface area contributed by atoms with Gasteiger partial charge in [0.25, 0.3) is 0 Å². The molecule has 1 aliphatic heterocycles. The predicted octanol–water partition coefficient (Wildman–Crippen LogP) is 3.12. The van der Waals surface area contributed by atoms with Gasteiger partial charge in [-0.25, -0.2) is 4.79 Å². The number of methoxy groups -OCH3 is 2. The number of ether oxygens (including phenoxy) is 2. The zero-order valence-electron chi connectivity index (χ0n) is 14.6. The van der Waals surface area contributed by atoms with Crippen molar-refractivity contribution in [3.05, 3.63) is 58.8 Å². The van der Waals surface area contributed by atoms with Crippen LogP contribution in [-0.2, 0) is 6.42 Å². The molecule has 3 N–H and O–H groups in total. The second-order valence-corrected chi connectivity index (χ2v) is 6.31. The Kier molecular flexibility index (Phi) is 4.05. The van der Waals surface area contributed by atoms with Crippen LogP contribution in [0.5, 0.6) is 11.5 Å². The minimum absolute atomic E-state index is 0.214. The van der Waals surface area contributed by atoms with Crippen LogP contribution in [0.15, 0.2) is 36.4 Å². The molecule has 0 fully saturated rings. The maximum Gasteiger partial charge on any atom is 0.352 e. The molecule has 2 heterocycles. The highest BCUT2D eigenvalue weighted by Crippen LogP contribution is 2.40. The highest BCUT2D eigenvalue weighted by atomic mass is 16.5. The lowest BCUT2D eigenvalue weighted by molar-refractivity contribution is 0.0689. The van der Waals surface area contributed by atoms with Crippen LogP contribution in [0.25, 0.3) is 10.9 Å². The average molecular weight is 352 g/mol. The van der Waals surface area contributed by atoms with Crippen LogP contribution in [0.2, 0.25) is 0 Å². The van der Waals surface area contributed by atoms with Gasteiger partial charge in [0.1, 0.15) is 5.69 Å². The molecule has 6 heteroatoms. The molecule has 1 aliphatic rings. The Morgan fingerprint density at radius 1 is 1.15 bits per heavy atom. The number of nitrogens with one attached hydrogen (secondary N) is 2. The Morgan fingerprint density at radius 3 is 2.62 bits per heavy atom. The molecule has 1 atom stereocenters. The predicted molar refractivity (Wildman–Crippen MR) is 98.4 cm³/mol. The Balaban J connectivity index is 1.95. The molecular formula is C20H20N2O4. The van der Waals surface area contributed by atoms with Gasteiger partial charge in [-0.3, -0.25) is 0 Å². The number of hydrogen-bond acceptors (Lipinski definition) is 4. The van der Waals surface area contributed by atoms with Gasteiger partial charge >= 0.3 is 5.97 Å². The van der Waals surface area contributed by atoms with Crippen molar-refractivity contribution in [1.82, 2.24) is 10.3 Å². The number of carbonyl (C=O) groups is 1. The maximum absolute atomic E-state index is 11.9. The fraction of sp³-hybridized carbons (Fsp3) is 0.250. The first-order valence-electron chi connectivity index (χ1n) is 8.46. The van der Waals surface area contributed by atoms with Gasteiger partial charge in [-0.2, -0.15) is 0 Å². The van der Waals surface area contributed by atoms with Crippen molar-refractivity contribution in [2.75, 3.05) is 20.8 Å². The van der Waals surface area contributed by atoms with E-state index in [1.807, 2.05) is 36.4 Å². The molecule has 134 valence electrons. The normalized spacial score (nSPS) is 16.3. The molecule has 4 rings (SSSR count). The van der Waals surface area contributed by atoms with Gasteiger partial charge in [-0.15, -0.1) is 0 Å². The second kappa shape index (κ2) is 6.38. The van der Waals surface area contributed by atoms with Crippen LogP contribution in [0, 0.1) is 0 Å². The molecule has 26 heavy (non-hydrogen) atoms. The van der Waals surface area contributed by atoms with Crippen LogP contribution in [0.1, 0.15) is 33.2 Å². The third-order valence-electron chi connectivity index (χ3n) is 4.95. The first kappa shape index (κ1) is 16.5. The third kappa shape index (κ3) is 2.50. The van der Waals surface area contributed by atoms with Crippen LogP contribution in [0.3, 0.4) is 0 Å². The standard InChI is InChI=1S/C20H20N2O4/c1-25-15-9-11-7-8-21-18(13(11)10-16(15)26-2)17-12-5-3-4-6-14(12)22-19(17)20(23)24/h3-6,9-10,18,21-22H,7-8H2,1-2H3,(H,23,24). The quantitative estimate of drug-likeness (QED) is 0.672. The monoisotopic (exact) mass is 352 g/mol. The number of aromatic amines is 1. The minimum Gasteiger partial charge on any atom is -0.493 e. The van der Waals surface area contributed by atoms with E-state index >= 15 is 0 Å². The van der Waals surface area contributed by atoms with Crippen molar-refractivity contribution in [1.29, 1.82) is 0 Å². The second-order valence-electron chi connectivity index (χ2n) is 6.31. The lowest BCUT2D eigenvalue weighted by Crippen LogP contribution is -2.31. The number of carboxylic acids is 1. The van der Waals surface area contributed by atoms with E-state index in [4.69, 9.17) is 9.47 Å². The van der Waals surface area contributed by atoms with E-state index in [2.05, 4.69) is 10.3 Å². The number of benzene rings is 2. The molecular weight excluding hydrogens is 332 g/mol. The highest BCUT2D eigenvalue weighted by Gasteiger charge is 2.30. The SMILES string of the molecule is COc1cc2c(cc1OC)C(c1c(C(=O)O)[nH]c3ccccc13)NCC2. The fourth-order valence-corrected chi connectivity index (χ4v) is 3.77. The van der Waals surface area contributed by atoms with E-state index in [9.17, 15) is 9.90 Å². The number of hydrogen-bond donors (Lipinski definition) is 3.